The van der Waals surface area contributed by atoms with Gasteiger partial charge in [-0.2, -0.15) is 10.2 Å². The van der Waals surface area contributed by atoms with E-state index in [9.17, 15) is 5.26 Å². The second-order valence-electron chi connectivity index (χ2n) is 8.75. The van der Waals surface area contributed by atoms with E-state index in [1.807, 2.05) is 13.0 Å². The number of methoxy groups -OCH3 is 1. The fraction of sp³-hybridized carbons (Fsp3) is 0.500. The molecular weight excluding hydrogens is 420 g/mol. The minimum Gasteiger partial charge on any atom is -0.497 e. The van der Waals surface area contributed by atoms with Crippen LogP contribution in [0.3, 0.4) is 0 Å². The first-order chi connectivity index (χ1) is 16.1. The van der Waals surface area contributed by atoms with Gasteiger partial charge in [-0.3, -0.25) is 0 Å². The summed E-state index contributed by atoms with van der Waals surface area (Å²) < 4.78 is 16.5. The Morgan fingerprint density at radius 3 is 2.61 bits per heavy atom. The van der Waals surface area contributed by atoms with E-state index in [0.717, 1.165) is 67.9 Å². The molecule has 1 atom stereocenters. The summed E-state index contributed by atoms with van der Waals surface area (Å²) >= 11 is 0. The Morgan fingerprint density at radius 2 is 1.97 bits per heavy atom. The van der Waals surface area contributed by atoms with Crippen LogP contribution in [0.1, 0.15) is 36.2 Å². The van der Waals surface area contributed by atoms with Crippen LogP contribution < -0.4 is 15.0 Å². The zero-order valence-electron chi connectivity index (χ0n) is 19.2. The molecule has 2 aliphatic rings. The highest BCUT2D eigenvalue weighted by Gasteiger charge is 2.29. The Balaban J connectivity index is 1.55. The average molecular weight is 449 g/mol. The Hall–Kier alpha value is -3.22. The smallest absolute Gasteiger partial charge is 0.261 e. The predicted molar refractivity (Wildman–Crippen MR) is 123 cm³/mol. The zero-order valence-corrected chi connectivity index (χ0v) is 19.2. The molecule has 0 spiro atoms. The molecule has 1 N–H and O–H groups in total. The van der Waals surface area contributed by atoms with E-state index in [0.29, 0.717) is 40.6 Å². The number of hydrogen-bond donors (Lipinski definition) is 1. The number of rotatable bonds is 5. The molecule has 1 aromatic carbocycles. The Morgan fingerprint density at radius 1 is 1.15 bits per heavy atom. The average Bonchev–Trinajstić information content (AvgIpc) is 3.50. The SMILES string of the molecule is COc1cc(C#N)c2nc(N3CCC(N[C@@H]4CCOC4)CC3)c(-c3nc(C)no3)c(C)c2c1. The maximum atomic E-state index is 9.79. The second kappa shape index (κ2) is 8.96. The van der Waals surface area contributed by atoms with Crippen molar-refractivity contribution in [2.24, 2.45) is 0 Å². The van der Waals surface area contributed by atoms with Gasteiger partial charge in [-0.15, -0.1) is 0 Å². The van der Waals surface area contributed by atoms with Crippen molar-refractivity contribution in [3.8, 4) is 23.3 Å². The minimum absolute atomic E-state index is 0.444. The third-order valence-corrected chi connectivity index (χ3v) is 6.60. The van der Waals surface area contributed by atoms with Crippen molar-refractivity contribution < 1.29 is 14.0 Å². The van der Waals surface area contributed by atoms with E-state index >= 15 is 0 Å². The van der Waals surface area contributed by atoms with E-state index in [2.05, 4.69) is 26.4 Å². The molecule has 0 radical (unpaired) electrons. The first-order valence-corrected chi connectivity index (χ1v) is 11.4. The number of nitrogens with zero attached hydrogens (tertiary/aromatic N) is 5. The molecule has 2 fully saturated rings. The molecule has 4 heterocycles. The first kappa shape index (κ1) is 21.6. The lowest BCUT2D eigenvalue weighted by Crippen LogP contribution is -2.46. The van der Waals surface area contributed by atoms with Crippen molar-refractivity contribution in [1.82, 2.24) is 20.4 Å². The first-order valence-electron chi connectivity index (χ1n) is 11.4. The fourth-order valence-electron chi connectivity index (χ4n) is 4.82. The molecule has 33 heavy (non-hydrogen) atoms. The van der Waals surface area contributed by atoms with E-state index in [1.165, 1.54) is 0 Å². The Labute approximate surface area is 192 Å². The third kappa shape index (κ3) is 4.12. The van der Waals surface area contributed by atoms with Gasteiger partial charge in [0.2, 0.25) is 0 Å². The maximum absolute atomic E-state index is 9.79. The van der Waals surface area contributed by atoms with Crippen molar-refractivity contribution in [3.63, 3.8) is 0 Å². The number of aromatic nitrogens is 3. The number of piperidine rings is 1. The van der Waals surface area contributed by atoms with Crippen molar-refractivity contribution >= 4 is 16.7 Å². The number of nitrogens with one attached hydrogen (secondary N) is 1. The predicted octanol–water partition coefficient (Wildman–Crippen LogP) is 3.13. The highest BCUT2D eigenvalue weighted by molar-refractivity contribution is 5.96. The van der Waals surface area contributed by atoms with Crippen molar-refractivity contribution in [1.29, 1.82) is 5.26 Å². The molecule has 0 amide bonds. The summed E-state index contributed by atoms with van der Waals surface area (Å²) in [6, 6.07) is 6.83. The highest BCUT2D eigenvalue weighted by Crippen LogP contribution is 2.39. The summed E-state index contributed by atoms with van der Waals surface area (Å²) in [5, 5.41) is 18.4. The number of hydrogen-bond acceptors (Lipinski definition) is 9. The van der Waals surface area contributed by atoms with Gasteiger partial charge in [-0.05, 0) is 44.7 Å². The summed E-state index contributed by atoms with van der Waals surface area (Å²) in [6.45, 7) is 7.15. The number of benzene rings is 1. The number of ether oxygens (including phenoxy) is 2. The molecule has 0 unspecified atom stereocenters. The van der Waals surface area contributed by atoms with E-state index in [4.69, 9.17) is 19.0 Å². The lowest BCUT2D eigenvalue weighted by Gasteiger charge is -2.35. The topological polar surface area (TPSA) is 109 Å². The molecular formula is C24H28N6O3. The molecule has 5 rings (SSSR count). The molecule has 2 saturated heterocycles. The molecule has 172 valence electrons. The number of fused-ring (bicyclic) bond motifs is 1. The number of nitriles is 1. The van der Waals surface area contributed by atoms with Gasteiger partial charge in [-0.1, -0.05) is 5.16 Å². The third-order valence-electron chi connectivity index (χ3n) is 6.60. The van der Waals surface area contributed by atoms with Crippen LogP contribution in [0.2, 0.25) is 0 Å². The number of pyridine rings is 1. The van der Waals surface area contributed by atoms with Gasteiger partial charge >= 0.3 is 0 Å². The van der Waals surface area contributed by atoms with Crippen LogP contribution in [0.25, 0.3) is 22.4 Å². The van der Waals surface area contributed by atoms with Gasteiger partial charge in [0, 0.05) is 43.2 Å². The molecule has 2 aliphatic heterocycles. The Bertz CT molecular complexity index is 1200. The number of anilines is 1. The van der Waals surface area contributed by atoms with Gasteiger partial charge in [0.25, 0.3) is 5.89 Å². The van der Waals surface area contributed by atoms with Gasteiger partial charge in [-0.25, -0.2) is 4.98 Å². The molecule has 9 heteroatoms. The van der Waals surface area contributed by atoms with Crippen LogP contribution in [0.15, 0.2) is 16.7 Å². The summed E-state index contributed by atoms with van der Waals surface area (Å²) in [5.41, 5.74) is 2.90. The van der Waals surface area contributed by atoms with Crippen LogP contribution in [0.4, 0.5) is 5.82 Å². The zero-order chi connectivity index (χ0) is 22.9. The minimum atomic E-state index is 0.444. The number of aryl methyl sites for hydroxylation is 2. The molecule has 0 aliphatic carbocycles. The standard InChI is InChI=1S/C24H28N6O3/c1-14-20-11-19(31-3)10-16(12-25)22(20)28-23(21(14)24-26-15(2)29-33-24)30-7-4-17(5-8-30)27-18-6-9-32-13-18/h10-11,17-18,27H,4-9,13H2,1-3H3/t18-/m1/s1. The van der Waals surface area contributed by atoms with Crippen LogP contribution in [0, 0.1) is 25.2 Å². The highest BCUT2D eigenvalue weighted by atomic mass is 16.5. The Kier molecular flexibility index (Phi) is 5.87. The molecule has 2 aromatic heterocycles. The summed E-state index contributed by atoms with van der Waals surface area (Å²) in [5.74, 6) is 2.42. The lowest BCUT2D eigenvalue weighted by molar-refractivity contribution is 0.186. The van der Waals surface area contributed by atoms with Crippen molar-refractivity contribution in [2.45, 2.75) is 45.2 Å². The van der Waals surface area contributed by atoms with Crippen LogP contribution in [-0.4, -0.2) is 60.6 Å². The van der Waals surface area contributed by atoms with Crippen LogP contribution in [-0.2, 0) is 4.74 Å². The normalized spacial score (nSPS) is 19.2. The maximum Gasteiger partial charge on any atom is 0.261 e. The van der Waals surface area contributed by atoms with E-state index < -0.39 is 0 Å². The summed E-state index contributed by atoms with van der Waals surface area (Å²) in [6.07, 6.45) is 3.09. The van der Waals surface area contributed by atoms with Gasteiger partial charge in [0.1, 0.15) is 17.6 Å². The fourth-order valence-corrected chi connectivity index (χ4v) is 4.82. The molecule has 0 bridgehead atoms. The quantitative estimate of drug-likeness (QED) is 0.629. The van der Waals surface area contributed by atoms with Crippen LogP contribution in [0.5, 0.6) is 5.75 Å². The van der Waals surface area contributed by atoms with Crippen LogP contribution >= 0.6 is 0 Å². The van der Waals surface area contributed by atoms with Gasteiger partial charge in [0.05, 0.1) is 30.4 Å². The molecule has 9 nitrogen and oxygen atoms in total. The van der Waals surface area contributed by atoms with Gasteiger partial charge in [0.15, 0.2) is 5.82 Å². The van der Waals surface area contributed by atoms with E-state index in [1.54, 1.807) is 20.1 Å². The molecule has 0 saturated carbocycles. The van der Waals surface area contributed by atoms with Crippen molar-refractivity contribution in [2.75, 3.05) is 38.3 Å². The largest absolute Gasteiger partial charge is 0.497 e. The molecule has 3 aromatic rings. The van der Waals surface area contributed by atoms with E-state index in [-0.39, 0.29) is 0 Å². The monoisotopic (exact) mass is 448 g/mol. The van der Waals surface area contributed by atoms with Gasteiger partial charge < -0.3 is 24.2 Å². The van der Waals surface area contributed by atoms with Crippen molar-refractivity contribution in [3.05, 3.63) is 29.1 Å². The lowest BCUT2D eigenvalue weighted by atomic mass is 9.98. The summed E-state index contributed by atoms with van der Waals surface area (Å²) in [7, 11) is 1.59. The second-order valence-corrected chi connectivity index (χ2v) is 8.75. The summed E-state index contributed by atoms with van der Waals surface area (Å²) in [4.78, 5) is 11.8.